The molecular weight excluding hydrogens is 254 g/mol. The van der Waals surface area contributed by atoms with Gasteiger partial charge in [-0.25, -0.2) is 0 Å². The lowest BCUT2D eigenvalue weighted by atomic mass is 10.1. The smallest absolute Gasteiger partial charge is 0.246 e. The third-order valence-electron chi connectivity index (χ3n) is 4.09. The number of rotatable bonds is 3. The van der Waals surface area contributed by atoms with Gasteiger partial charge in [0.05, 0.1) is 6.07 Å². The molecule has 1 saturated carbocycles. The molecule has 1 aliphatic heterocycles. The highest BCUT2D eigenvalue weighted by atomic mass is 16.2. The van der Waals surface area contributed by atoms with Crippen LogP contribution in [0.1, 0.15) is 32.1 Å². The van der Waals surface area contributed by atoms with Crippen LogP contribution in [-0.2, 0) is 9.59 Å². The zero-order chi connectivity index (χ0) is 14.4. The van der Waals surface area contributed by atoms with Crippen LogP contribution in [0.5, 0.6) is 0 Å². The summed E-state index contributed by atoms with van der Waals surface area (Å²) < 4.78 is 0. The molecule has 0 radical (unpaired) electrons. The van der Waals surface area contributed by atoms with E-state index >= 15 is 0 Å². The number of piperazine rings is 1. The number of nitriles is 1. The van der Waals surface area contributed by atoms with E-state index in [2.05, 4.69) is 0 Å². The molecule has 1 saturated heterocycles. The van der Waals surface area contributed by atoms with E-state index in [1.165, 1.54) is 25.7 Å². The first-order valence-electron chi connectivity index (χ1n) is 7.32. The lowest BCUT2D eigenvalue weighted by molar-refractivity contribution is -0.136. The second-order valence-corrected chi connectivity index (χ2v) is 5.44. The second kappa shape index (κ2) is 7.09. The van der Waals surface area contributed by atoms with Gasteiger partial charge in [0.1, 0.15) is 6.42 Å². The molecule has 108 valence electrons. The zero-order valence-corrected chi connectivity index (χ0v) is 11.8. The van der Waals surface area contributed by atoms with Crippen LogP contribution in [0.15, 0.2) is 12.2 Å². The summed E-state index contributed by atoms with van der Waals surface area (Å²) in [5.41, 5.74) is 0. The Hall–Kier alpha value is -1.83. The van der Waals surface area contributed by atoms with Crippen molar-refractivity contribution in [1.29, 1.82) is 5.26 Å². The first-order valence-corrected chi connectivity index (χ1v) is 7.32. The van der Waals surface area contributed by atoms with Crippen molar-refractivity contribution in [1.82, 2.24) is 9.80 Å². The molecule has 0 N–H and O–H groups in total. The lowest BCUT2D eigenvalue weighted by Gasteiger charge is -2.34. The van der Waals surface area contributed by atoms with Gasteiger partial charge < -0.3 is 9.80 Å². The number of allylic oxidation sites excluding steroid dienone is 1. The molecule has 0 unspecified atom stereocenters. The summed E-state index contributed by atoms with van der Waals surface area (Å²) in [5.74, 6) is 0.475. The minimum Gasteiger partial charge on any atom is -0.338 e. The number of amides is 2. The molecule has 1 heterocycles. The normalized spacial score (nSPS) is 20.4. The van der Waals surface area contributed by atoms with Gasteiger partial charge in [-0.2, -0.15) is 5.26 Å². The first kappa shape index (κ1) is 14.6. The molecule has 1 aliphatic carbocycles. The Bertz CT molecular complexity index is 425. The van der Waals surface area contributed by atoms with Crippen LogP contribution in [-0.4, -0.2) is 47.8 Å². The zero-order valence-electron chi connectivity index (χ0n) is 11.8. The molecule has 0 bridgehead atoms. The van der Waals surface area contributed by atoms with Crippen LogP contribution in [0.4, 0.5) is 0 Å². The average Bonchev–Trinajstić information content (AvgIpc) is 2.98. The second-order valence-electron chi connectivity index (χ2n) is 5.44. The number of hydrogen-bond acceptors (Lipinski definition) is 3. The summed E-state index contributed by atoms with van der Waals surface area (Å²) >= 11 is 0. The summed E-state index contributed by atoms with van der Waals surface area (Å²) in [5, 5.41) is 8.51. The van der Waals surface area contributed by atoms with Crippen LogP contribution in [0.2, 0.25) is 0 Å². The Balaban J connectivity index is 1.76. The number of hydrogen-bond donors (Lipinski definition) is 0. The highest BCUT2D eigenvalue weighted by Crippen LogP contribution is 2.25. The standard InChI is InChI=1S/C15H21N3O2/c16-8-7-15(20)18-11-9-17(10-12-18)14(19)6-5-13-3-1-2-4-13/h5-6,13H,1-4,7,9-12H2/b6-5+. The maximum absolute atomic E-state index is 12.0. The maximum atomic E-state index is 12.0. The third kappa shape index (κ3) is 3.83. The highest BCUT2D eigenvalue weighted by molar-refractivity contribution is 5.88. The van der Waals surface area contributed by atoms with E-state index in [-0.39, 0.29) is 18.2 Å². The van der Waals surface area contributed by atoms with E-state index in [1.807, 2.05) is 12.1 Å². The maximum Gasteiger partial charge on any atom is 0.246 e. The Kier molecular flexibility index (Phi) is 5.16. The van der Waals surface area contributed by atoms with Gasteiger partial charge in [-0.15, -0.1) is 0 Å². The highest BCUT2D eigenvalue weighted by Gasteiger charge is 2.23. The number of carbonyl (C=O) groups is 2. The minimum atomic E-state index is -0.138. The van der Waals surface area contributed by atoms with Gasteiger partial charge in [-0.1, -0.05) is 18.9 Å². The molecule has 0 spiro atoms. The monoisotopic (exact) mass is 275 g/mol. The molecule has 2 amide bonds. The summed E-state index contributed by atoms with van der Waals surface area (Å²) in [6.07, 6.45) is 8.59. The molecule has 0 atom stereocenters. The van der Waals surface area contributed by atoms with Crippen molar-refractivity contribution >= 4 is 11.8 Å². The van der Waals surface area contributed by atoms with E-state index < -0.39 is 0 Å². The molecule has 5 heteroatoms. The molecule has 5 nitrogen and oxygen atoms in total. The molecule has 2 aliphatic rings. The topological polar surface area (TPSA) is 64.4 Å². The summed E-state index contributed by atoms with van der Waals surface area (Å²) in [4.78, 5) is 27.0. The van der Waals surface area contributed by atoms with Gasteiger partial charge in [0.25, 0.3) is 0 Å². The van der Waals surface area contributed by atoms with Gasteiger partial charge in [-0.3, -0.25) is 9.59 Å². The molecule has 0 aromatic rings. The summed E-state index contributed by atoms with van der Waals surface area (Å²) in [7, 11) is 0. The largest absolute Gasteiger partial charge is 0.338 e. The number of nitrogens with zero attached hydrogens (tertiary/aromatic N) is 3. The van der Waals surface area contributed by atoms with Crippen molar-refractivity contribution < 1.29 is 9.59 Å². The van der Waals surface area contributed by atoms with E-state index in [0.29, 0.717) is 32.1 Å². The average molecular weight is 275 g/mol. The van der Waals surface area contributed by atoms with Crippen molar-refractivity contribution in [2.45, 2.75) is 32.1 Å². The quantitative estimate of drug-likeness (QED) is 0.730. The van der Waals surface area contributed by atoms with Crippen molar-refractivity contribution in [3.05, 3.63) is 12.2 Å². The van der Waals surface area contributed by atoms with Gasteiger partial charge in [0.2, 0.25) is 11.8 Å². The fraction of sp³-hybridized carbons (Fsp3) is 0.667. The van der Waals surface area contributed by atoms with Crippen molar-refractivity contribution in [3.63, 3.8) is 0 Å². The van der Waals surface area contributed by atoms with E-state index in [4.69, 9.17) is 5.26 Å². The fourth-order valence-electron chi connectivity index (χ4n) is 2.83. The van der Waals surface area contributed by atoms with Crippen molar-refractivity contribution in [3.8, 4) is 6.07 Å². The van der Waals surface area contributed by atoms with Crippen molar-refractivity contribution in [2.24, 2.45) is 5.92 Å². The molecule has 20 heavy (non-hydrogen) atoms. The molecule has 0 aromatic heterocycles. The van der Waals surface area contributed by atoms with Gasteiger partial charge in [0.15, 0.2) is 0 Å². The summed E-state index contributed by atoms with van der Waals surface area (Å²) in [6, 6.07) is 1.87. The number of carbonyl (C=O) groups excluding carboxylic acids is 2. The third-order valence-corrected chi connectivity index (χ3v) is 4.09. The van der Waals surface area contributed by atoms with E-state index in [0.717, 1.165) is 0 Å². The fourth-order valence-corrected chi connectivity index (χ4v) is 2.83. The van der Waals surface area contributed by atoms with Crippen LogP contribution < -0.4 is 0 Å². The van der Waals surface area contributed by atoms with Crippen LogP contribution in [0.25, 0.3) is 0 Å². The lowest BCUT2D eigenvalue weighted by Crippen LogP contribution is -2.50. The Morgan fingerprint density at radius 1 is 1.10 bits per heavy atom. The van der Waals surface area contributed by atoms with Crippen molar-refractivity contribution in [2.75, 3.05) is 26.2 Å². The van der Waals surface area contributed by atoms with Gasteiger partial charge in [-0.05, 0) is 24.8 Å². The Labute approximate surface area is 119 Å². The predicted molar refractivity (Wildman–Crippen MR) is 74.5 cm³/mol. The molecule has 2 fully saturated rings. The Morgan fingerprint density at radius 3 is 2.30 bits per heavy atom. The van der Waals surface area contributed by atoms with Crippen LogP contribution in [0.3, 0.4) is 0 Å². The summed E-state index contributed by atoms with van der Waals surface area (Å²) in [6.45, 7) is 2.18. The molecule has 0 aromatic carbocycles. The Morgan fingerprint density at radius 2 is 1.70 bits per heavy atom. The SMILES string of the molecule is N#CCC(=O)N1CCN(C(=O)/C=C/C2CCCC2)CC1. The van der Waals surface area contributed by atoms with Crippen LogP contribution >= 0.6 is 0 Å². The van der Waals surface area contributed by atoms with Gasteiger partial charge >= 0.3 is 0 Å². The van der Waals surface area contributed by atoms with Gasteiger partial charge in [0, 0.05) is 26.2 Å². The molecule has 2 rings (SSSR count). The molecular formula is C15H21N3O2. The van der Waals surface area contributed by atoms with E-state index in [1.54, 1.807) is 15.9 Å². The van der Waals surface area contributed by atoms with E-state index in [9.17, 15) is 9.59 Å². The predicted octanol–water partition coefficient (Wildman–Crippen LogP) is 1.32. The van der Waals surface area contributed by atoms with Crippen LogP contribution in [0, 0.1) is 17.2 Å². The minimum absolute atomic E-state index is 0.0456. The first-order chi connectivity index (χ1) is 9.70.